The zero-order valence-electron chi connectivity index (χ0n) is 11.7. The van der Waals surface area contributed by atoms with Gasteiger partial charge in [0.05, 0.1) is 5.56 Å². The lowest BCUT2D eigenvalue weighted by molar-refractivity contribution is -0.165. The molecule has 1 N–H and O–H groups in total. The molecule has 0 aliphatic carbocycles. The highest BCUT2D eigenvalue weighted by atomic mass is 19.4. The van der Waals surface area contributed by atoms with Gasteiger partial charge in [-0.2, -0.15) is 18.3 Å². The van der Waals surface area contributed by atoms with E-state index in [2.05, 4.69) is 10.1 Å². The van der Waals surface area contributed by atoms with E-state index in [1.807, 2.05) is 0 Å². The summed E-state index contributed by atoms with van der Waals surface area (Å²) >= 11 is 0. The largest absolute Gasteiger partial charge is 0.413 e. The number of nitrogens with one attached hydrogen (secondary N) is 1. The molecule has 0 aliphatic rings. The zero-order chi connectivity index (χ0) is 17.2. The lowest BCUT2D eigenvalue weighted by Crippen LogP contribution is -2.42. The molecule has 0 radical (unpaired) electrons. The highest BCUT2D eigenvalue weighted by Gasteiger charge is 2.45. The normalized spacial score (nSPS) is 14.3. The minimum absolute atomic E-state index is 0.685. The molecule has 2 atom stereocenters. The van der Waals surface area contributed by atoms with Gasteiger partial charge in [-0.25, -0.2) is 18.4 Å². The van der Waals surface area contributed by atoms with Crippen molar-refractivity contribution in [2.24, 2.45) is 0 Å². The molecular weight excluding hydrogens is 323 g/mol. The van der Waals surface area contributed by atoms with E-state index in [9.17, 15) is 26.7 Å². The lowest BCUT2D eigenvalue weighted by atomic mass is 10.0. The van der Waals surface area contributed by atoms with Crippen LogP contribution in [0.4, 0.5) is 22.0 Å². The molecule has 0 spiro atoms. The molecule has 0 saturated heterocycles. The Labute approximate surface area is 127 Å². The summed E-state index contributed by atoms with van der Waals surface area (Å²) in [4.78, 5) is 15.5. The number of rotatable bonds is 4. The molecule has 0 saturated carbocycles. The van der Waals surface area contributed by atoms with Crippen LogP contribution in [0.3, 0.4) is 0 Å². The fraction of sp³-hybridized carbons (Fsp3) is 0.308. The van der Waals surface area contributed by atoms with Crippen molar-refractivity contribution >= 4 is 5.91 Å². The van der Waals surface area contributed by atoms with Crippen LogP contribution in [-0.4, -0.2) is 26.8 Å². The van der Waals surface area contributed by atoms with Gasteiger partial charge in [-0.05, 0) is 19.1 Å². The van der Waals surface area contributed by atoms with Gasteiger partial charge >= 0.3 is 6.18 Å². The first-order valence-corrected chi connectivity index (χ1v) is 6.37. The van der Waals surface area contributed by atoms with Crippen molar-refractivity contribution in [3.63, 3.8) is 0 Å². The molecule has 1 amide bonds. The highest BCUT2D eigenvalue weighted by Crippen LogP contribution is 2.35. The van der Waals surface area contributed by atoms with Crippen molar-refractivity contribution in [1.82, 2.24) is 20.1 Å². The maximum atomic E-state index is 13.6. The minimum Gasteiger partial charge on any atom is -0.339 e. The maximum absolute atomic E-state index is 13.6. The van der Waals surface area contributed by atoms with Crippen LogP contribution in [0.25, 0.3) is 0 Å². The Morgan fingerprint density at radius 3 is 2.35 bits per heavy atom. The topological polar surface area (TPSA) is 59.8 Å². The molecule has 10 heteroatoms. The number of aromatic nitrogens is 3. The quantitative estimate of drug-likeness (QED) is 0.874. The van der Waals surface area contributed by atoms with Crippen molar-refractivity contribution in [2.45, 2.75) is 25.2 Å². The van der Waals surface area contributed by atoms with Gasteiger partial charge in [0.25, 0.3) is 0 Å². The Hall–Kier alpha value is -2.52. The summed E-state index contributed by atoms with van der Waals surface area (Å²) in [6.45, 7) is 1.27. The molecule has 2 aromatic rings. The molecule has 0 bridgehead atoms. The Bertz CT molecular complexity index is 666. The van der Waals surface area contributed by atoms with E-state index in [0.29, 0.717) is 12.1 Å². The molecule has 0 aliphatic heterocycles. The maximum Gasteiger partial charge on any atom is 0.413 e. The third-order valence-corrected chi connectivity index (χ3v) is 3.12. The molecule has 1 aromatic carbocycles. The predicted octanol–water partition coefficient (Wildman–Crippen LogP) is 2.54. The van der Waals surface area contributed by atoms with Crippen LogP contribution in [0.1, 0.15) is 24.6 Å². The van der Waals surface area contributed by atoms with Crippen LogP contribution in [0.2, 0.25) is 0 Å². The van der Waals surface area contributed by atoms with Gasteiger partial charge in [-0.15, -0.1) is 0 Å². The van der Waals surface area contributed by atoms with E-state index in [1.54, 1.807) is 5.32 Å². The molecule has 1 heterocycles. The van der Waals surface area contributed by atoms with Gasteiger partial charge in [0.2, 0.25) is 5.91 Å². The van der Waals surface area contributed by atoms with Crippen molar-refractivity contribution in [2.75, 3.05) is 0 Å². The van der Waals surface area contributed by atoms with Crippen LogP contribution < -0.4 is 5.32 Å². The monoisotopic (exact) mass is 334 g/mol. The molecule has 124 valence electrons. The van der Waals surface area contributed by atoms with Gasteiger partial charge < -0.3 is 5.32 Å². The molecule has 5 nitrogen and oxygen atoms in total. The molecule has 2 rings (SSSR count). The lowest BCUT2D eigenvalue weighted by Gasteiger charge is -2.24. The first-order valence-electron chi connectivity index (χ1n) is 6.37. The van der Waals surface area contributed by atoms with Gasteiger partial charge in [0, 0.05) is 0 Å². The Morgan fingerprint density at radius 2 is 1.87 bits per heavy atom. The number of benzene rings is 1. The van der Waals surface area contributed by atoms with Crippen LogP contribution in [0.5, 0.6) is 0 Å². The summed E-state index contributed by atoms with van der Waals surface area (Å²) in [5.41, 5.74) is -1.26. The highest BCUT2D eigenvalue weighted by molar-refractivity contribution is 5.80. The summed E-state index contributed by atoms with van der Waals surface area (Å²) in [6, 6.07) is -1.66. The van der Waals surface area contributed by atoms with Crippen LogP contribution in [0, 0.1) is 11.6 Å². The molecule has 0 fully saturated rings. The van der Waals surface area contributed by atoms with E-state index < -0.39 is 41.4 Å². The average molecular weight is 334 g/mol. The van der Waals surface area contributed by atoms with Gasteiger partial charge in [-0.1, -0.05) is 6.07 Å². The van der Waals surface area contributed by atoms with Crippen molar-refractivity contribution in [3.8, 4) is 0 Å². The SMILES string of the molecule is C[C@@H](C(=O)N[C@H](c1c(F)cccc1F)C(F)(F)F)n1cncn1. The predicted molar refractivity (Wildman–Crippen MR) is 68.0 cm³/mol. The molecule has 1 aromatic heterocycles. The molecule has 23 heavy (non-hydrogen) atoms. The number of halogens is 5. The molecule has 0 unspecified atom stereocenters. The van der Waals surface area contributed by atoms with Crippen molar-refractivity contribution in [3.05, 3.63) is 48.1 Å². The Morgan fingerprint density at radius 1 is 1.26 bits per heavy atom. The number of alkyl halides is 3. The van der Waals surface area contributed by atoms with Crippen molar-refractivity contribution < 1.29 is 26.7 Å². The van der Waals surface area contributed by atoms with E-state index in [-0.39, 0.29) is 0 Å². The third-order valence-electron chi connectivity index (χ3n) is 3.12. The summed E-state index contributed by atoms with van der Waals surface area (Å²) in [6.07, 6.45) is -2.85. The standard InChI is InChI=1S/C13H11F5N4O/c1-7(22-6-19-5-20-22)12(23)21-11(13(16,17)18)10-8(14)3-2-4-9(10)15/h2-7,11H,1H3,(H,21,23)/t7-,11+/m0/s1. The summed E-state index contributed by atoms with van der Waals surface area (Å²) in [5, 5.41) is 5.24. The summed E-state index contributed by atoms with van der Waals surface area (Å²) in [5.74, 6) is -3.91. The second-order valence-electron chi connectivity index (χ2n) is 4.67. The van der Waals surface area contributed by atoms with E-state index in [4.69, 9.17) is 0 Å². The fourth-order valence-electron chi connectivity index (χ4n) is 1.90. The smallest absolute Gasteiger partial charge is 0.339 e. The number of amides is 1. The Kier molecular flexibility index (Phi) is 4.62. The van der Waals surface area contributed by atoms with E-state index >= 15 is 0 Å². The van der Waals surface area contributed by atoms with E-state index in [0.717, 1.165) is 23.4 Å². The number of carbonyl (C=O) groups excluding carboxylic acids is 1. The second kappa shape index (κ2) is 6.31. The van der Waals surface area contributed by atoms with Gasteiger partial charge in [-0.3, -0.25) is 4.79 Å². The number of hydrogen-bond donors (Lipinski definition) is 1. The first kappa shape index (κ1) is 16.8. The number of hydrogen-bond acceptors (Lipinski definition) is 3. The van der Waals surface area contributed by atoms with Crippen molar-refractivity contribution in [1.29, 1.82) is 0 Å². The zero-order valence-corrected chi connectivity index (χ0v) is 11.7. The van der Waals surface area contributed by atoms with E-state index in [1.165, 1.54) is 6.92 Å². The fourth-order valence-corrected chi connectivity index (χ4v) is 1.90. The molecular formula is C13H11F5N4O. The minimum atomic E-state index is -5.08. The first-order chi connectivity index (χ1) is 10.7. The summed E-state index contributed by atoms with van der Waals surface area (Å²) in [7, 11) is 0. The van der Waals surface area contributed by atoms with Gasteiger partial charge in [0.15, 0.2) is 6.04 Å². The Balaban J connectivity index is 2.32. The number of carbonyl (C=O) groups is 1. The number of nitrogens with zero attached hydrogens (tertiary/aromatic N) is 3. The third kappa shape index (κ3) is 3.63. The second-order valence-corrected chi connectivity index (χ2v) is 4.67. The van der Waals surface area contributed by atoms with Gasteiger partial charge in [0.1, 0.15) is 30.3 Å². The average Bonchev–Trinajstić information content (AvgIpc) is 2.98. The van der Waals surface area contributed by atoms with Crippen LogP contribution in [-0.2, 0) is 4.79 Å². The summed E-state index contributed by atoms with van der Waals surface area (Å²) < 4.78 is 67.7. The van der Waals surface area contributed by atoms with Crippen LogP contribution >= 0.6 is 0 Å². The van der Waals surface area contributed by atoms with Crippen LogP contribution in [0.15, 0.2) is 30.9 Å².